The molecule has 0 spiro atoms. The molecular formula is C9H10ClN5O2S. The van der Waals surface area contributed by atoms with Crippen molar-refractivity contribution in [3.63, 3.8) is 0 Å². The lowest BCUT2D eigenvalue weighted by Crippen LogP contribution is -2.15. The Labute approximate surface area is 108 Å². The minimum atomic E-state index is -3.79. The van der Waals surface area contributed by atoms with E-state index in [1.807, 2.05) is 0 Å². The molecule has 0 aromatic carbocycles. The summed E-state index contributed by atoms with van der Waals surface area (Å²) in [7, 11) is -3.79. The molecule has 2 aromatic rings. The van der Waals surface area contributed by atoms with E-state index < -0.39 is 10.0 Å². The summed E-state index contributed by atoms with van der Waals surface area (Å²) in [5, 5.41) is 6.21. The highest BCUT2D eigenvalue weighted by Gasteiger charge is 2.20. The molecule has 18 heavy (non-hydrogen) atoms. The number of nitrogens with one attached hydrogen (secondary N) is 2. The van der Waals surface area contributed by atoms with Crippen LogP contribution < -0.4 is 10.5 Å². The maximum absolute atomic E-state index is 12.0. The SMILES string of the molecule is Cc1nc(Cl)ccc1NS(=O)(=O)c1cn[nH]c1N. The van der Waals surface area contributed by atoms with Crippen molar-refractivity contribution in [3.8, 4) is 0 Å². The van der Waals surface area contributed by atoms with Gasteiger partial charge in [0.25, 0.3) is 10.0 Å². The fourth-order valence-corrected chi connectivity index (χ4v) is 2.67. The maximum atomic E-state index is 12.0. The van der Waals surface area contributed by atoms with Crippen molar-refractivity contribution in [2.75, 3.05) is 10.5 Å². The van der Waals surface area contributed by atoms with Crippen molar-refractivity contribution in [2.24, 2.45) is 0 Å². The molecule has 96 valence electrons. The largest absolute Gasteiger partial charge is 0.383 e. The number of anilines is 2. The van der Waals surface area contributed by atoms with Gasteiger partial charge in [-0.1, -0.05) is 11.6 Å². The van der Waals surface area contributed by atoms with Crippen molar-refractivity contribution in [2.45, 2.75) is 11.8 Å². The predicted molar refractivity (Wildman–Crippen MR) is 67.8 cm³/mol. The lowest BCUT2D eigenvalue weighted by Gasteiger charge is -2.09. The van der Waals surface area contributed by atoms with E-state index in [0.29, 0.717) is 16.5 Å². The van der Waals surface area contributed by atoms with E-state index in [4.69, 9.17) is 17.3 Å². The van der Waals surface area contributed by atoms with Crippen LogP contribution in [0.1, 0.15) is 5.69 Å². The highest BCUT2D eigenvalue weighted by atomic mass is 35.5. The Hall–Kier alpha value is -1.80. The standard InChI is InChI=1S/C9H10ClN5O2S/c1-5-6(2-3-8(10)13-5)15-18(16,17)7-4-12-14-9(7)11/h2-4,15H,1H3,(H3,11,12,14). The summed E-state index contributed by atoms with van der Waals surface area (Å²) in [6.45, 7) is 1.64. The summed E-state index contributed by atoms with van der Waals surface area (Å²) in [5.41, 5.74) is 6.27. The number of pyridine rings is 1. The van der Waals surface area contributed by atoms with Crippen LogP contribution >= 0.6 is 11.6 Å². The Morgan fingerprint density at radius 2 is 2.17 bits per heavy atom. The van der Waals surface area contributed by atoms with Crippen molar-refractivity contribution >= 4 is 33.1 Å². The summed E-state index contributed by atoms with van der Waals surface area (Å²) in [6.07, 6.45) is 1.14. The normalized spacial score (nSPS) is 11.4. The number of halogens is 1. The minimum absolute atomic E-state index is 0.0259. The van der Waals surface area contributed by atoms with Gasteiger partial charge < -0.3 is 5.73 Å². The zero-order chi connectivity index (χ0) is 13.3. The molecule has 2 heterocycles. The molecule has 0 saturated carbocycles. The number of hydrogen-bond acceptors (Lipinski definition) is 5. The van der Waals surface area contributed by atoms with Gasteiger partial charge in [-0.25, -0.2) is 13.4 Å². The van der Waals surface area contributed by atoms with Gasteiger partial charge in [-0.2, -0.15) is 5.10 Å². The van der Waals surface area contributed by atoms with Gasteiger partial charge in [-0.15, -0.1) is 0 Å². The molecule has 7 nitrogen and oxygen atoms in total. The van der Waals surface area contributed by atoms with E-state index in [1.165, 1.54) is 12.1 Å². The van der Waals surface area contributed by atoms with Crippen molar-refractivity contribution in [1.29, 1.82) is 0 Å². The first kappa shape index (κ1) is 12.7. The highest BCUT2D eigenvalue weighted by molar-refractivity contribution is 7.92. The van der Waals surface area contributed by atoms with Crippen LogP contribution in [0.25, 0.3) is 0 Å². The first-order valence-electron chi connectivity index (χ1n) is 4.85. The zero-order valence-corrected chi connectivity index (χ0v) is 10.9. The van der Waals surface area contributed by atoms with Crippen LogP contribution in [-0.4, -0.2) is 23.6 Å². The molecule has 0 aliphatic rings. The maximum Gasteiger partial charge on any atom is 0.267 e. The Bertz CT molecular complexity index is 682. The molecule has 0 radical (unpaired) electrons. The molecule has 0 amide bonds. The number of H-pyrrole nitrogens is 1. The Morgan fingerprint density at radius 1 is 1.44 bits per heavy atom. The fraction of sp³-hybridized carbons (Fsp3) is 0.111. The van der Waals surface area contributed by atoms with Gasteiger partial charge in [0.05, 0.1) is 17.6 Å². The predicted octanol–water partition coefficient (Wildman–Crippen LogP) is 1.15. The highest BCUT2D eigenvalue weighted by Crippen LogP contribution is 2.22. The number of nitrogens with two attached hydrogens (primary N) is 1. The van der Waals surface area contributed by atoms with Crippen molar-refractivity contribution in [1.82, 2.24) is 15.2 Å². The van der Waals surface area contributed by atoms with Gasteiger partial charge in [0.15, 0.2) is 0 Å². The van der Waals surface area contributed by atoms with Gasteiger partial charge in [-0.05, 0) is 19.1 Å². The van der Waals surface area contributed by atoms with E-state index in [2.05, 4.69) is 19.9 Å². The van der Waals surface area contributed by atoms with Crippen LogP contribution in [0.3, 0.4) is 0 Å². The van der Waals surface area contributed by atoms with E-state index in [1.54, 1.807) is 6.92 Å². The van der Waals surface area contributed by atoms with E-state index in [-0.39, 0.29) is 10.7 Å². The molecule has 0 atom stereocenters. The van der Waals surface area contributed by atoms with Crippen molar-refractivity contribution in [3.05, 3.63) is 29.2 Å². The van der Waals surface area contributed by atoms with Crippen LogP contribution in [0.4, 0.5) is 11.5 Å². The van der Waals surface area contributed by atoms with Gasteiger partial charge in [0.1, 0.15) is 15.9 Å². The number of nitrogen functional groups attached to an aromatic ring is 1. The summed E-state index contributed by atoms with van der Waals surface area (Å²) < 4.78 is 26.4. The Morgan fingerprint density at radius 3 is 2.72 bits per heavy atom. The van der Waals surface area contributed by atoms with Gasteiger partial charge in [-0.3, -0.25) is 9.82 Å². The molecule has 0 bridgehead atoms. The molecule has 0 aliphatic heterocycles. The van der Waals surface area contributed by atoms with Crippen molar-refractivity contribution < 1.29 is 8.42 Å². The third-order valence-corrected chi connectivity index (χ3v) is 3.82. The Balaban J connectivity index is 2.37. The van der Waals surface area contributed by atoms with E-state index in [9.17, 15) is 8.42 Å². The van der Waals surface area contributed by atoms with Crippen LogP contribution in [0.2, 0.25) is 5.15 Å². The second kappa shape index (κ2) is 4.46. The van der Waals surface area contributed by atoms with E-state index >= 15 is 0 Å². The number of nitrogens with zero attached hydrogens (tertiary/aromatic N) is 2. The van der Waals surface area contributed by atoms with Crippen LogP contribution in [-0.2, 0) is 10.0 Å². The molecule has 2 aromatic heterocycles. The van der Waals surface area contributed by atoms with E-state index in [0.717, 1.165) is 6.20 Å². The summed E-state index contributed by atoms with van der Waals surface area (Å²) in [6, 6.07) is 3.02. The molecule has 2 rings (SSSR count). The molecule has 9 heteroatoms. The molecule has 0 aliphatic carbocycles. The first-order valence-corrected chi connectivity index (χ1v) is 6.71. The van der Waals surface area contributed by atoms with Gasteiger partial charge in [0.2, 0.25) is 0 Å². The lowest BCUT2D eigenvalue weighted by atomic mass is 10.3. The number of aromatic nitrogens is 3. The third-order valence-electron chi connectivity index (χ3n) is 2.22. The summed E-state index contributed by atoms with van der Waals surface area (Å²) >= 11 is 5.69. The number of sulfonamides is 1. The topological polar surface area (TPSA) is 114 Å². The number of rotatable bonds is 3. The summed E-state index contributed by atoms with van der Waals surface area (Å²) in [5.74, 6) is -0.0259. The quantitative estimate of drug-likeness (QED) is 0.733. The zero-order valence-electron chi connectivity index (χ0n) is 9.31. The minimum Gasteiger partial charge on any atom is -0.383 e. The summed E-state index contributed by atoms with van der Waals surface area (Å²) in [4.78, 5) is 3.83. The molecule has 0 saturated heterocycles. The molecule has 0 fully saturated rings. The smallest absolute Gasteiger partial charge is 0.267 e. The second-order valence-electron chi connectivity index (χ2n) is 3.52. The molecular weight excluding hydrogens is 278 g/mol. The molecule has 4 N–H and O–H groups in total. The Kier molecular flexibility index (Phi) is 3.14. The monoisotopic (exact) mass is 287 g/mol. The van der Waals surface area contributed by atoms with Gasteiger partial charge >= 0.3 is 0 Å². The molecule has 0 unspecified atom stereocenters. The third kappa shape index (κ3) is 2.39. The first-order chi connectivity index (χ1) is 8.40. The average Bonchev–Trinajstić information content (AvgIpc) is 2.69. The second-order valence-corrected chi connectivity index (χ2v) is 5.56. The van der Waals surface area contributed by atoms with Crippen LogP contribution in [0.15, 0.2) is 23.2 Å². The number of aromatic amines is 1. The average molecular weight is 288 g/mol. The van der Waals surface area contributed by atoms with Gasteiger partial charge in [0, 0.05) is 0 Å². The lowest BCUT2D eigenvalue weighted by molar-refractivity contribution is 0.601. The number of hydrogen-bond donors (Lipinski definition) is 3. The van der Waals surface area contributed by atoms with Crippen LogP contribution in [0.5, 0.6) is 0 Å². The number of aryl methyl sites for hydroxylation is 1. The van der Waals surface area contributed by atoms with Crippen LogP contribution in [0, 0.1) is 6.92 Å². The fourth-order valence-electron chi connectivity index (χ4n) is 1.34.